The minimum atomic E-state index is 0.494. The second kappa shape index (κ2) is 6.36. The summed E-state index contributed by atoms with van der Waals surface area (Å²) in [5.74, 6) is 2.88. The number of halogens is 1. The molecule has 0 N–H and O–H groups in total. The molecule has 0 amide bonds. The van der Waals surface area contributed by atoms with Gasteiger partial charge in [0.2, 0.25) is 5.89 Å². The number of benzene rings is 1. The lowest BCUT2D eigenvalue weighted by Gasteiger charge is -2.33. The van der Waals surface area contributed by atoms with Crippen LogP contribution in [0.25, 0.3) is 10.9 Å². The Hall–Kier alpha value is -2.21. The fourth-order valence-electron chi connectivity index (χ4n) is 3.37. The van der Waals surface area contributed by atoms with E-state index in [9.17, 15) is 0 Å². The third-order valence-corrected chi connectivity index (χ3v) is 4.67. The zero-order valence-electron chi connectivity index (χ0n) is 13.4. The molecule has 0 aliphatic carbocycles. The summed E-state index contributed by atoms with van der Waals surface area (Å²) < 4.78 is 5.08. The summed E-state index contributed by atoms with van der Waals surface area (Å²) in [5.41, 5.74) is 0.878. The molecule has 0 radical (unpaired) electrons. The summed E-state index contributed by atoms with van der Waals surface area (Å²) in [7, 11) is 0. The van der Waals surface area contributed by atoms with Gasteiger partial charge >= 0.3 is 0 Å². The zero-order valence-corrected chi connectivity index (χ0v) is 14.2. The van der Waals surface area contributed by atoms with E-state index in [1.54, 1.807) is 6.33 Å². The SMILES string of the molecule is Cc1nc(CC2CCCN(c3ncnc4cc(Cl)ccc34)C2)no1. The van der Waals surface area contributed by atoms with Crippen LogP contribution in [0.15, 0.2) is 29.0 Å². The van der Waals surface area contributed by atoms with Crippen LogP contribution in [-0.4, -0.2) is 33.2 Å². The quantitative estimate of drug-likeness (QED) is 0.725. The van der Waals surface area contributed by atoms with Crippen molar-refractivity contribution < 1.29 is 4.52 Å². The van der Waals surface area contributed by atoms with E-state index in [0.717, 1.165) is 48.5 Å². The van der Waals surface area contributed by atoms with Crippen molar-refractivity contribution in [3.8, 4) is 0 Å². The fraction of sp³-hybridized carbons (Fsp3) is 0.412. The normalized spacial score (nSPS) is 18.2. The van der Waals surface area contributed by atoms with Crippen molar-refractivity contribution >= 4 is 28.3 Å². The number of hydrogen-bond donors (Lipinski definition) is 0. The van der Waals surface area contributed by atoms with Gasteiger partial charge in [-0.25, -0.2) is 9.97 Å². The molecule has 7 heteroatoms. The maximum Gasteiger partial charge on any atom is 0.223 e. The molecule has 1 aromatic carbocycles. The van der Waals surface area contributed by atoms with Crippen LogP contribution in [0.2, 0.25) is 5.02 Å². The Balaban J connectivity index is 1.58. The molecule has 1 aliphatic heterocycles. The molecular formula is C17H18ClN5O. The van der Waals surface area contributed by atoms with Crippen molar-refractivity contribution in [2.75, 3.05) is 18.0 Å². The van der Waals surface area contributed by atoms with Gasteiger partial charge < -0.3 is 9.42 Å². The largest absolute Gasteiger partial charge is 0.356 e. The summed E-state index contributed by atoms with van der Waals surface area (Å²) in [5, 5.41) is 5.75. The Morgan fingerprint density at radius 3 is 3.08 bits per heavy atom. The highest BCUT2D eigenvalue weighted by atomic mass is 35.5. The van der Waals surface area contributed by atoms with E-state index in [1.807, 2.05) is 25.1 Å². The van der Waals surface area contributed by atoms with Crippen molar-refractivity contribution in [1.82, 2.24) is 20.1 Å². The average Bonchev–Trinajstić information content (AvgIpc) is 2.99. The van der Waals surface area contributed by atoms with Gasteiger partial charge in [0.15, 0.2) is 5.82 Å². The van der Waals surface area contributed by atoms with Crippen molar-refractivity contribution in [2.45, 2.75) is 26.2 Å². The molecule has 1 aliphatic rings. The number of hydrogen-bond acceptors (Lipinski definition) is 6. The molecular weight excluding hydrogens is 326 g/mol. The molecule has 124 valence electrons. The molecule has 1 saturated heterocycles. The third-order valence-electron chi connectivity index (χ3n) is 4.44. The first-order valence-electron chi connectivity index (χ1n) is 8.13. The number of fused-ring (bicyclic) bond motifs is 1. The molecule has 0 bridgehead atoms. The Morgan fingerprint density at radius 2 is 2.25 bits per heavy atom. The number of anilines is 1. The van der Waals surface area contributed by atoms with Gasteiger partial charge in [-0.3, -0.25) is 0 Å². The Morgan fingerprint density at radius 1 is 1.33 bits per heavy atom. The van der Waals surface area contributed by atoms with Crippen molar-refractivity contribution in [2.24, 2.45) is 5.92 Å². The summed E-state index contributed by atoms with van der Waals surface area (Å²) in [6, 6.07) is 5.77. The molecule has 1 atom stereocenters. The van der Waals surface area contributed by atoms with Crippen molar-refractivity contribution in [1.29, 1.82) is 0 Å². The minimum Gasteiger partial charge on any atom is -0.356 e. The van der Waals surface area contributed by atoms with E-state index in [1.165, 1.54) is 6.42 Å². The number of aromatic nitrogens is 4. The van der Waals surface area contributed by atoms with E-state index in [2.05, 4.69) is 25.0 Å². The van der Waals surface area contributed by atoms with Gasteiger partial charge in [-0.1, -0.05) is 16.8 Å². The highest BCUT2D eigenvalue weighted by Gasteiger charge is 2.24. The molecule has 6 nitrogen and oxygen atoms in total. The lowest BCUT2D eigenvalue weighted by Crippen LogP contribution is -2.37. The number of aryl methyl sites for hydroxylation is 1. The molecule has 0 spiro atoms. The highest BCUT2D eigenvalue weighted by Crippen LogP contribution is 2.29. The number of nitrogens with zero attached hydrogens (tertiary/aromatic N) is 5. The monoisotopic (exact) mass is 343 g/mol. The van der Waals surface area contributed by atoms with Gasteiger partial charge in [0.25, 0.3) is 0 Å². The zero-order chi connectivity index (χ0) is 16.5. The maximum absolute atomic E-state index is 6.08. The van der Waals surface area contributed by atoms with Gasteiger partial charge in [0.1, 0.15) is 12.1 Å². The van der Waals surface area contributed by atoms with Crippen LogP contribution < -0.4 is 4.90 Å². The molecule has 3 aromatic rings. The Bertz CT molecular complexity index is 865. The van der Waals surface area contributed by atoms with E-state index in [0.29, 0.717) is 16.8 Å². The number of piperidine rings is 1. The summed E-state index contributed by atoms with van der Waals surface area (Å²) in [6.07, 6.45) is 4.74. The Labute approximate surface area is 144 Å². The molecule has 1 fully saturated rings. The Kier molecular flexibility index (Phi) is 4.06. The van der Waals surface area contributed by atoms with E-state index in [4.69, 9.17) is 16.1 Å². The van der Waals surface area contributed by atoms with Crippen molar-refractivity contribution in [3.63, 3.8) is 0 Å². The summed E-state index contributed by atoms with van der Waals surface area (Å²) in [6.45, 7) is 3.75. The topological polar surface area (TPSA) is 67.9 Å². The second-order valence-corrected chi connectivity index (χ2v) is 6.68. The first kappa shape index (κ1) is 15.3. The molecule has 1 unspecified atom stereocenters. The molecule has 0 saturated carbocycles. The van der Waals surface area contributed by atoms with Gasteiger partial charge in [-0.05, 0) is 37.0 Å². The summed E-state index contributed by atoms with van der Waals surface area (Å²) >= 11 is 6.08. The fourth-order valence-corrected chi connectivity index (χ4v) is 3.54. The maximum atomic E-state index is 6.08. The van der Waals surface area contributed by atoms with Crippen LogP contribution in [0.3, 0.4) is 0 Å². The predicted molar refractivity (Wildman–Crippen MR) is 92.2 cm³/mol. The van der Waals surface area contributed by atoms with Gasteiger partial charge in [-0.15, -0.1) is 0 Å². The van der Waals surface area contributed by atoms with Crippen LogP contribution in [0.4, 0.5) is 5.82 Å². The lowest BCUT2D eigenvalue weighted by atomic mass is 9.94. The van der Waals surface area contributed by atoms with Gasteiger partial charge in [-0.2, -0.15) is 4.98 Å². The van der Waals surface area contributed by atoms with Gasteiger partial charge in [0, 0.05) is 36.8 Å². The van der Waals surface area contributed by atoms with Crippen LogP contribution >= 0.6 is 11.6 Å². The minimum absolute atomic E-state index is 0.494. The van der Waals surface area contributed by atoms with E-state index >= 15 is 0 Å². The smallest absolute Gasteiger partial charge is 0.223 e. The molecule has 2 aromatic heterocycles. The van der Waals surface area contributed by atoms with E-state index < -0.39 is 0 Å². The lowest BCUT2D eigenvalue weighted by molar-refractivity contribution is 0.369. The standard InChI is InChI=1S/C17H18ClN5O/c1-11-21-16(22-24-11)7-12-3-2-6-23(9-12)17-14-5-4-13(18)8-15(14)19-10-20-17/h4-5,8,10,12H,2-3,6-7,9H2,1H3. The first-order valence-corrected chi connectivity index (χ1v) is 8.51. The van der Waals surface area contributed by atoms with Crippen LogP contribution in [-0.2, 0) is 6.42 Å². The average molecular weight is 344 g/mol. The van der Waals surface area contributed by atoms with Crippen LogP contribution in [0.1, 0.15) is 24.6 Å². The number of rotatable bonds is 3. The highest BCUT2D eigenvalue weighted by molar-refractivity contribution is 6.31. The summed E-state index contributed by atoms with van der Waals surface area (Å²) in [4.78, 5) is 15.5. The molecule has 24 heavy (non-hydrogen) atoms. The second-order valence-electron chi connectivity index (χ2n) is 6.25. The van der Waals surface area contributed by atoms with Crippen LogP contribution in [0.5, 0.6) is 0 Å². The first-order chi connectivity index (χ1) is 11.7. The molecule has 3 heterocycles. The van der Waals surface area contributed by atoms with E-state index in [-0.39, 0.29) is 0 Å². The predicted octanol–water partition coefficient (Wildman–Crippen LogP) is 3.43. The van der Waals surface area contributed by atoms with Crippen molar-refractivity contribution in [3.05, 3.63) is 41.3 Å². The van der Waals surface area contributed by atoms with Gasteiger partial charge in [0.05, 0.1) is 5.52 Å². The third kappa shape index (κ3) is 3.06. The van der Waals surface area contributed by atoms with Crippen LogP contribution in [0, 0.1) is 12.8 Å². The molecule has 4 rings (SSSR count).